The zero-order chi connectivity index (χ0) is 9.02. The van der Waals surface area contributed by atoms with Gasteiger partial charge in [-0.1, -0.05) is 0 Å². The molecule has 0 aliphatic carbocycles. The fraction of sp³-hybridized carbons (Fsp3) is 0. The van der Waals surface area contributed by atoms with Crippen molar-refractivity contribution >= 4 is 77.0 Å². The molecule has 0 aromatic rings. The van der Waals surface area contributed by atoms with Crippen LogP contribution in [0, 0.1) is 0 Å². The second kappa shape index (κ2) is 6.08. The molecule has 64 valence electrons. The van der Waals surface area contributed by atoms with Crippen molar-refractivity contribution in [2.24, 2.45) is 0 Å². The molecule has 0 aliphatic heterocycles. The molecule has 0 aromatic heterocycles. The predicted octanol–water partition coefficient (Wildman–Crippen LogP) is 4.86. The minimum Gasteiger partial charge on any atom is -0.435 e. The van der Waals surface area contributed by atoms with Gasteiger partial charge in [0, 0.05) is 0 Å². The quantitative estimate of drug-likeness (QED) is 0.377. The molecule has 0 rings (SSSR count). The largest absolute Gasteiger partial charge is 0.435 e. The van der Waals surface area contributed by atoms with Crippen LogP contribution in [0.1, 0.15) is 0 Å². The van der Waals surface area contributed by atoms with Crippen LogP contribution in [-0.4, -0.2) is 0 Å². The Morgan fingerprint density at radius 1 is 1.00 bits per heavy atom. The van der Waals surface area contributed by atoms with Crippen LogP contribution in [0.3, 0.4) is 0 Å². The molecule has 0 fully saturated rings. The summed E-state index contributed by atoms with van der Waals surface area (Å²) in [6.07, 6.45) is 0. The molecule has 0 aliphatic rings. The van der Waals surface area contributed by atoms with E-state index in [4.69, 9.17) is 0 Å². The maximum atomic E-state index is 12.2. The number of halogens is 6. The lowest BCUT2D eigenvalue weighted by molar-refractivity contribution is 0.359. The van der Waals surface area contributed by atoms with Gasteiger partial charge in [-0.15, -0.1) is 0 Å². The highest BCUT2D eigenvalue weighted by Gasteiger charge is 2.06. The van der Waals surface area contributed by atoms with Gasteiger partial charge in [-0.3, -0.25) is 0 Å². The van der Waals surface area contributed by atoms with Crippen LogP contribution in [-0.2, 0) is 4.74 Å². The molecule has 0 spiro atoms. The zero-order valence-electron chi connectivity index (χ0n) is 4.68. The summed E-state index contributed by atoms with van der Waals surface area (Å²) in [7, 11) is 0. The molecule has 0 heterocycles. The maximum absolute atomic E-state index is 12.2. The molecule has 0 N–H and O–H groups in total. The third-order valence-electron chi connectivity index (χ3n) is 0.476. The van der Waals surface area contributed by atoms with E-state index in [0.717, 1.165) is 0 Å². The van der Waals surface area contributed by atoms with Gasteiger partial charge in [0.25, 0.3) is 0 Å². The summed E-state index contributed by atoms with van der Waals surface area (Å²) in [5.41, 5.74) is 0. The molecule has 0 saturated carbocycles. The van der Waals surface area contributed by atoms with E-state index in [1.807, 2.05) is 0 Å². The first kappa shape index (κ1) is 12.6. The summed E-state index contributed by atoms with van der Waals surface area (Å²) in [6, 6.07) is 0. The lowest BCUT2D eigenvalue weighted by Gasteiger charge is -2.00. The van der Waals surface area contributed by atoms with Gasteiger partial charge in [-0.05, 0) is 77.0 Å². The second-order valence-corrected chi connectivity index (χ2v) is 4.50. The van der Waals surface area contributed by atoms with Crippen LogP contribution in [0.15, 0.2) is 17.0 Å². The Labute approximate surface area is 106 Å². The van der Waals surface area contributed by atoms with Crippen molar-refractivity contribution < 1.29 is 13.5 Å². The van der Waals surface area contributed by atoms with Crippen molar-refractivity contribution in [1.29, 1.82) is 0 Å². The monoisotopic (exact) mass is 514 g/mol. The molecule has 0 bridgehead atoms. The van der Waals surface area contributed by atoms with Crippen molar-refractivity contribution in [2.45, 2.75) is 0 Å². The summed E-state index contributed by atoms with van der Waals surface area (Å²) < 4.78 is 27.6. The molecule has 0 unspecified atom stereocenters. The fourth-order valence-electron chi connectivity index (χ4n) is 0.156. The van der Waals surface area contributed by atoms with Crippen molar-refractivity contribution in [1.82, 2.24) is 0 Å². The summed E-state index contributed by atoms with van der Waals surface area (Å²) in [6.45, 7) is 0. The summed E-state index contributed by atoms with van der Waals surface area (Å²) in [4.78, 5) is 0. The van der Waals surface area contributed by atoms with Crippen LogP contribution >= 0.6 is 77.0 Å². The van der Waals surface area contributed by atoms with Crippen molar-refractivity contribution in [2.75, 3.05) is 0 Å². The van der Waals surface area contributed by atoms with Crippen LogP contribution in [0.4, 0.5) is 8.78 Å². The molecular formula is C4Br2F2I2O. The smallest absolute Gasteiger partial charge is 0.212 e. The average molecular weight is 516 g/mol. The van der Waals surface area contributed by atoms with Crippen LogP contribution in [0.2, 0.25) is 0 Å². The van der Waals surface area contributed by atoms with Gasteiger partial charge in [-0.2, -0.15) is 8.78 Å². The van der Waals surface area contributed by atoms with Gasteiger partial charge < -0.3 is 4.74 Å². The standard InChI is InChI=1S/C4Br2F2I2O/c5-1(3(7)9)11-2(6)4(8)10. The Bertz CT molecular complexity index is 186. The zero-order valence-corrected chi connectivity index (χ0v) is 12.2. The lowest BCUT2D eigenvalue weighted by atomic mass is 11.0. The molecule has 0 atom stereocenters. The normalized spacial score (nSPS) is 15.5. The van der Waals surface area contributed by atoms with Gasteiger partial charge in [0.05, 0.1) is 0 Å². The van der Waals surface area contributed by atoms with Gasteiger partial charge in [0.2, 0.25) is 17.0 Å². The second-order valence-electron chi connectivity index (χ2n) is 1.17. The van der Waals surface area contributed by atoms with Gasteiger partial charge in [-0.25, -0.2) is 0 Å². The highest BCUT2D eigenvalue weighted by atomic mass is 127. The lowest BCUT2D eigenvalue weighted by Crippen LogP contribution is -1.81. The summed E-state index contributed by atoms with van der Waals surface area (Å²) in [5.74, 6) is 0. The van der Waals surface area contributed by atoms with E-state index in [0.29, 0.717) is 0 Å². The molecule has 7 heteroatoms. The van der Waals surface area contributed by atoms with Gasteiger partial charge in [0.1, 0.15) is 0 Å². The third kappa shape index (κ3) is 5.75. The molecule has 0 aromatic carbocycles. The SMILES string of the molecule is FC(I)=C(Br)OC(Br)=C(F)I. The summed E-state index contributed by atoms with van der Waals surface area (Å²) >= 11 is 8.30. The first-order valence-corrected chi connectivity index (χ1v) is 5.79. The van der Waals surface area contributed by atoms with E-state index in [1.54, 1.807) is 0 Å². The van der Waals surface area contributed by atoms with E-state index in [1.165, 1.54) is 45.2 Å². The van der Waals surface area contributed by atoms with Crippen LogP contribution in [0.5, 0.6) is 0 Å². The summed E-state index contributed by atoms with van der Waals surface area (Å²) in [5, 5.41) is 0. The van der Waals surface area contributed by atoms with E-state index >= 15 is 0 Å². The predicted molar refractivity (Wildman–Crippen MR) is 63.2 cm³/mol. The maximum Gasteiger partial charge on any atom is 0.212 e. The average Bonchev–Trinajstić information content (AvgIpc) is 1.87. The number of hydrogen-bond donors (Lipinski definition) is 0. The van der Waals surface area contributed by atoms with Gasteiger partial charge in [0.15, 0.2) is 0 Å². The molecule has 11 heavy (non-hydrogen) atoms. The number of hydrogen-bond acceptors (Lipinski definition) is 1. The van der Waals surface area contributed by atoms with Crippen molar-refractivity contribution in [3.63, 3.8) is 0 Å². The highest BCUT2D eigenvalue weighted by Crippen LogP contribution is 2.29. The highest BCUT2D eigenvalue weighted by molar-refractivity contribution is 14.1. The minimum atomic E-state index is -0.586. The third-order valence-corrected chi connectivity index (χ3v) is 3.96. The molecular weight excluding hydrogens is 516 g/mol. The van der Waals surface area contributed by atoms with E-state index in [9.17, 15) is 8.78 Å². The number of rotatable bonds is 2. The van der Waals surface area contributed by atoms with Crippen molar-refractivity contribution in [3.8, 4) is 0 Å². The van der Waals surface area contributed by atoms with E-state index < -0.39 is 7.67 Å². The molecule has 0 amide bonds. The van der Waals surface area contributed by atoms with E-state index in [2.05, 4.69) is 36.6 Å². The number of ether oxygens (including phenoxy) is 1. The molecule has 0 saturated heterocycles. The fourth-order valence-corrected chi connectivity index (χ4v) is 0.917. The Balaban J connectivity index is 4.30. The van der Waals surface area contributed by atoms with Gasteiger partial charge >= 0.3 is 0 Å². The minimum absolute atomic E-state index is 0.156. The van der Waals surface area contributed by atoms with Crippen LogP contribution in [0.25, 0.3) is 0 Å². The Hall–Kier alpha value is 1.56. The topological polar surface area (TPSA) is 9.23 Å². The van der Waals surface area contributed by atoms with Crippen LogP contribution < -0.4 is 0 Å². The molecule has 0 radical (unpaired) electrons. The first-order valence-electron chi connectivity index (χ1n) is 2.04. The Morgan fingerprint density at radius 2 is 1.27 bits per heavy atom. The first-order chi connectivity index (χ1) is 4.95. The Morgan fingerprint density at radius 3 is 1.45 bits per heavy atom. The van der Waals surface area contributed by atoms with E-state index in [-0.39, 0.29) is 9.34 Å². The molecule has 1 nitrogen and oxygen atoms in total. The Kier molecular flexibility index (Phi) is 6.94. The van der Waals surface area contributed by atoms with Crippen molar-refractivity contribution in [3.05, 3.63) is 17.0 Å².